The molecular weight excluding hydrogens is 284 g/mol. The largest absolute Gasteiger partial charge is 0.396 e. The summed E-state index contributed by atoms with van der Waals surface area (Å²) in [7, 11) is 0. The molecular formula is C14H19F2NO2S. The van der Waals surface area contributed by atoms with Gasteiger partial charge in [-0.2, -0.15) is 11.8 Å². The summed E-state index contributed by atoms with van der Waals surface area (Å²) in [6.07, 6.45) is 2.78. The third kappa shape index (κ3) is 5.88. The number of thioether (sulfide) groups is 1. The Balaban J connectivity index is 2.45. The lowest BCUT2D eigenvalue weighted by atomic mass is 10.1. The molecule has 0 spiro atoms. The van der Waals surface area contributed by atoms with Crippen LogP contribution in [-0.4, -0.2) is 35.7 Å². The summed E-state index contributed by atoms with van der Waals surface area (Å²) in [5.41, 5.74) is 0.324. The predicted molar refractivity (Wildman–Crippen MR) is 76.7 cm³/mol. The van der Waals surface area contributed by atoms with Gasteiger partial charge in [-0.25, -0.2) is 8.78 Å². The average Bonchev–Trinajstić information content (AvgIpc) is 2.38. The fourth-order valence-corrected chi connectivity index (χ4v) is 2.48. The van der Waals surface area contributed by atoms with Crippen LogP contribution in [0.15, 0.2) is 18.2 Å². The highest BCUT2D eigenvalue weighted by Gasteiger charge is 2.12. The van der Waals surface area contributed by atoms with E-state index in [-0.39, 0.29) is 31.4 Å². The molecule has 0 aromatic heterocycles. The second-order valence-electron chi connectivity index (χ2n) is 4.47. The van der Waals surface area contributed by atoms with Crippen LogP contribution >= 0.6 is 11.8 Å². The van der Waals surface area contributed by atoms with E-state index in [9.17, 15) is 13.6 Å². The number of aryl methyl sites for hydroxylation is 1. The number of carbonyl (C=O) groups is 1. The predicted octanol–water partition coefficient (Wildman–Crippen LogP) is 2.13. The number of nitrogens with one attached hydrogen (secondary N) is 1. The van der Waals surface area contributed by atoms with Gasteiger partial charge in [0.2, 0.25) is 5.91 Å². The molecule has 112 valence electrons. The summed E-state index contributed by atoms with van der Waals surface area (Å²) in [4.78, 5) is 11.8. The molecule has 0 aliphatic heterocycles. The van der Waals surface area contributed by atoms with Crippen molar-refractivity contribution in [3.05, 3.63) is 35.4 Å². The highest BCUT2D eigenvalue weighted by atomic mass is 32.2. The van der Waals surface area contributed by atoms with Crippen LogP contribution in [0.5, 0.6) is 0 Å². The lowest BCUT2D eigenvalue weighted by Gasteiger charge is -2.16. The molecule has 0 heterocycles. The van der Waals surface area contributed by atoms with E-state index in [4.69, 9.17) is 5.11 Å². The highest BCUT2D eigenvalue weighted by Crippen LogP contribution is 2.11. The third-order valence-electron chi connectivity index (χ3n) is 2.85. The van der Waals surface area contributed by atoms with Crippen LogP contribution in [0, 0.1) is 11.6 Å². The van der Waals surface area contributed by atoms with Gasteiger partial charge in [0.1, 0.15) is 11.6 Å². The summed E-state index contributed by atoms with van der Waals surface area (Å²) < 4.78 is 26.1. The lowest BCUT2D eigenvalue weighted by Crippen LogP contribution is -2.37. The van der Waals surface area contributed by atoms with Crippen LogP contribution in [0.3, 0.4) is 0 Å². The van der Waals surface area contributed by atoms with Gasteiger partial charge in [0.25, 0.3) is 0 Å². The van der Waals surface area contributed by atoms with Gasteiger partial charge in [-0.1, -0.05) is 6.07 Å². The van der Waals surface area contributed by atoms with Crippen molar-refractivity contribution in [2.75, 3.05) is 18.6 Å². The van der Waals surface area contributed by atoms with Crippen molar-refractivity contribution in [2.45, 2.75) is 25.3 Å². The first kappa shape index (κ1) is 16.9. The van der Waals surface area contributed by atoms with E-state index in [0.29, 0.717) is 12.0 Å². The fourth-order valence-electron chi connectivity index (χ4n) is 1.83. The highest BCUT2D eigenvalue weighted by molar-refractivity contribution is 7.98. The SMILES string of the molecule is CSCC(CCO)NC(=O)CCc1ccc(F)cc1F. The Morgan fingerprint density at radius 3 is 2.80 bits per heavy atom. The molecule has 0 aliphatic carbocycles. The number of halogens is 2. The molecule has 0 saturated carbocycles. The second kappa shape index (κ2) is 8.92. The molecule has 1 rings (SSSR count). The van der Waals surface area contributed by atoms with E-state index in [0.717, 1.165) is 11.8 Å². The van der Waals surface area contributed by atoms with E-state index in [1.807, 2.05) is 6.26 Å². The molecule has 1 aromatic rings. The van der Waals surface area contributed by atoms with Gasteiger partial charge in [-0.05, 0) is 30.7 Å². The van der Waals surface area contributed by atoms with E-state index < -0.39 is 11.6 Å². The van der Waals surface area contributed by atoms with Crippen molar-refractivity contribution in [3.8, 4) is 0 Å². The number of hydrogen-bond acceptors (Lipinski definition) is 3. The maximum atomic E-state index is 13.4. The zero-order chi connectivity index (χ0) is 15.0. The van der Waals surface area contributed by atoms with Gasteiger partial charge in [-0.3, -0.25) is 4.79 Å². The Bertz CT molecular complexity index is 437. The van der Waals surface area contributed by atoms with Crippen molar-refractivity contribution in [1.82, 2.24) is 5.32 Å². The Hall–Kier alpha value is -1.14. The van der Waals surface area contributed by atoms with E-state index in [1.54, 1.807) is 11.8 Å². The number of rotatable bonds is 8. The average molecular weight is 303 g/mol. The maximum absolute atomic E-state index is 13.4. The first-order valence-corrected chi connectivity index (χ1v) is 7.79. The molecule has 1 unspecified atom stereocenters. The lowest BCUT2D eigenvalue weighted by molar-refractivity contribution is -0.121. The molecule has 6 heteroatoms. The van der Waals surface area contributed by atoms with Gasteiger partial charge >= 0.3 is 0 Å². The summed E-state index contributed by atoms with van der Waals surface area (Å²) in [6.45, 7) is 0.0120. The molecule has 0 radical (unpaired) electrons. The topological polar surface area (TPSA) is 49.3 Å². The first-order chi connectivity index (χ1) is 9.56. The molecule has 1 amide bonds. The number of aliphatic hydroxyl groups is 1. The van der Waals surface area contributed by atoms with Crippen molar-refractivity contribution in [3.63, 3.8) is 0 Å². The van der Waals surface area contributed by atoms with Gasteiger partial charge in [-0.15, -0.1) is 0 Å². The van der Waals surface area contributed by atoms with Gasteiger partial charge < -0.3 is 10.4 Å². The minimum Gasteiger partial charge on any atom is -0.396 e. The zero-order valence-corrected chi connectivity index (χ0v) is 12.2. The van der Waals surface area contributed by atoms with Crippen molar-refractivity contribution in [2.24, 2.45) is 0 Å². The monoisotopic (exact) mass is 303 g/mol. The minimum atomic E-state index is -0.631. The number of amides is 1. The number of carbonyl (C=O) groups excluding carboxylic acids is 1. The number of hydrogen-bond donors (Lipinski definition) is 2. The maximum Gasteiger partial charge on any atom is 0.220 e. The molecule has 1 atom stereocenters. The quantitative estimate of drug-likeness (QED) is 0.773. The molecule has 0 saturated heterocycles. The standard InChI is InChI=1S/C14H19F2NO2S/c1-20-9-12(6-7-18)17-14(19)5-3-10-2-4-11(15)8-13(10)16/h2,4,8,12,18H,3,5-7,9H2,1H3,(H,17,19). The van der Waals surface area contributed by atoms with Crippen LogP contribution in [0.1, 0.15) is 18.4 Å². The van der Waals surface area contributed by atoms with E-state index in [1.165, 1.54) is 12.1 Å². The van der Waals surface area contributed by atoms with Crippen LogP contribution in [0.4, 0.5) is 8.78 Å². The van der Waals surface area contributed by atoms with Crippen LogP contribution in [0.2, 0.25) is 0 Å². The molecule has 3 nitrogen and oxygen atoms in total. The molecule has 20 heavy (non-hydrogen) atoms. The third-order valence-corrected chi connectivity index (χ3v) is 3.58. The Labute approximate surface area is 121 Å². The number of benzene rings is 1. The zero-order valence-electron chi connectivity index (χ0n) is 11.4. The van der Waals surface area contributed by atoms with Gasteiger partial charge in [0, 0.05) is 30.9 Å². The molecule has 2 N–H and O–H groups in total. The van der Waals surface area contributed by atoms with Gasteiger partial charge in [0.05, 0.1) is 0 Å². The Kier molecular flexibility index (Phi) is 7.54. The molecule has 0 bridgehead atoms. The summed E-state index contributed by atoms with van der Waals surface area (Å²) >= 11 is 1.58. The van der Waals surface area contributed by atoms with Crippen molar-refractivity contribution >= 4 is 17.7 Å². The molecule has 1 aromatic carbocycles. The van der Waals surface area contributed by atoms with E-state index in [2.05, 4.69) is 5.32 Å². The molecule has 0 fully saturated rings. The van der Waals surface area contributed by atoms with Crippen molar-refractivity contribution < 1.29 is 18.7 Å². The Morgan fingerprint density at radius 1 is 1.45 bits per heavy atom. The van der Waals surface area contributed by atoms with Crippen molar-refractivity contribution in [1.29, 1.82) is 0 Å². The van der Waals surface area contributed by atoms with Gasteiger partial charge in [0.15, 0.2) is 0 Å². The van der Waals surface area contributed by atoms with Crippen LogP contribution < -0.4 is 5.32 Å². The summed E-state index contributed by atoms with van der Waals surface area (Å²) in [6, 6.07) is 3.26. The number of aliphatic hydroxyl groups excluding tert-OH is 1. The Morgan fingerprint density at radius 2 is 2.20 bits per heavy atom. The smallest absolute Gasteiger partial charge is 0.220 e. The van der Waals surface area contributed by atoms with E-state index >= 15 is 0 Å². The van der Waals surface area contributed by atoms with Crippen LogP contribution in [-0.2, 0) is 11.2 Å². The van der Waals surface area contributed by atoms with Crippen LogP contribution in [0.25, 0.3) is 0 Å². The molecule has 0 aliphatic rings. The normalized spacial score (nSPS) is 12.2. The first-order valence-electron chi connectivity index (χ1n) is 6.40. The summed E-state index contributed by atoms with van der Waals surface area (Å²) in [5.74, 6) is -0.731. The minimum absolute atomic E-state index is 0.0120. The fraction of sp³-hybridized carbons (Fsp3) is 0.500. The second-order valence-corrected chi connectivity index (χ2v) is 5.38. The summed E-state index contributed by atoms with van der Waals surface area (Å²) in [5, 5.41) is 11.7.